The van der Waals surface area contributed by atoms with Crippen molar-refractivity contribution in [1.29, 1.82) is 0 Å². The number of aliphatic hydroxyl groups excluding tert-OH is 1. The number of ketones is 1. The van der Waals surface area contributed by atoms with Crippen LogP contribution in [-0.4, -0.2) is 22.0 Å². The van der Waals surface area contributed by atoms with Gasteiger partial charge in [0, 0.05) is 0 Å². The van der Waals surface area contributed by atoms with Crippen LogP contribution < -0.4 is 0 Å². The van der Waals surface area contributed by atoms with Gasteiger partial charge in [0.1, 0.15) is 5.38 Å². The number of halogens is 1. The molecule has 1 unspecified atom stereocenters. The Balaban J connectivity index is 3.18. The van der Waals surface area contributed by atoms with Crippen LogP contribution in [0.15, 0.2) is 18.2 Å². The van der Waals surface area contributed by atoms with E-state index in [1.54, 1.807) is 18.2 Å². The Hall–Kier alpha value is -1.39. The van der Waals surface area contributed by atoms with Crippen molar-refractivity contribution < 1.29 is 19.8 Å². The van der Waals surface area contributed by atoms with Gasteiger partial charge in [-0.15, -0.1) is 11.6 Å². The van der Waals surface area contributed by atoms with Crippen LogP contribution in [-0.2, 0) is 22.6 Å². The van der Waals surface area contributed by atoms with Gasteiger partial charge in [0.2, 0.25) is 0 Å². The van der Waals surface area contributed by atoms with Crippen molar-refractivity contribution in [2.24, 2.45) is 0 Å². The van der Waals surface area contributed by atoms with Crippen LogP contribution in [0.2, 0.25) is 0 Å². The summed E-state index contributed by atoms with van der Waals surface area (Å²) in [5.74, 6) is -1.25. The van der Waals surface area contributed by atoms with Gasteiger partial charge in [-0.1, -0.05) is 18.2 Å². The molecular weight excluding hydrogens is 244 g/mol. The molecule has 1 rings (SSSR count). The fourth-order valence-electron chi connectivity index (χ4n) is 1.54. The number of carbonyl (C=O) groups excluding carboxylic acids is 1. The maximum absolute atomic E-state index is 11.2. The van der Waals surface area contributed by atoms with Crippen LogP contribution in [0.3, 0.4) is 0 Å². The highest BCUT2D eigenvalue weighted by molar-refractivity contribution is 6.30. The first-order valence-corrected chi connectivity index (χ1v) is 5.48. The van der Waals surface area contributed by atoms with Crippen molar-refractivity contribution in [2.45, 2.75) is 25.3 Å². The number of aliphatic carboxylic acids is 1. The van der Waals surface area contributed by atoms with E-state index < -0.39 is 11.3 Å². The Morgan fingerprint density at radius 1 is 1.41 bits per heavy atom. The van der Waals surface area contributed by atoms with Gasteiger partial charge in [-0.05, 0) is 23.6 Å². The molecule has 17 heavy (non-hydrogen) atoms. The van der Waals surface area contributed by atoms with Gasteiger partial charge in [-0.25, -0.2) is 0 Å². The molecule has 0 aliphatic rings. The molecule has 0 bridgehead atoms. The Bertz CT molecular complexity index is 442. The third-order valence-corrected chi connectivity index (χ3v) is 2.90. The molecule has 1 aromatic carbocycles. The SMILES string of the molecule is CC(=O)C(Cl)c1ccc(CO)cc1CC(=O)O. The molecule has 0 amide bonds. The molecule has 0 aliphatic heterocycles. The molecule has 0 aromatic heterocycles. The minimum atomic E-state index is -1.01. The van der Waals surface area contributed by atoms with E-state index in [2.05, 4.69) is 0 Å². The summed E-state index contributed by atoms with van der Waals surface area (Å²) in [5, 5.41) is 16.9. The Kier molecular flexibility index (Phi) is 4.66. The zero-order valence-corrected chi connectivity index (χ0v) is 10.1. The molecule has 5 heteroatoms. The van der Waals surface area contributed by atoms with Gasteiger partial charge in [0.15, 0.2) is 5.78 Å². The minimum Gasteiger partial charge on any atom is -0.481 e. The fourth-order valence-corrected chi connectivity index (χ4v) is 1.75. The summed E-state index contributed by atoms with van der Waals surface area (Å²) in [6.45, 7) is 1.17. The molecular formula is C12H13ClO4. The number of carboxylic acids is 1. The minimum absolute atomic E-state index is 0.181. The Morgan fingerprint density at radius 3 is 2.53 bits per heavy atom. The lowest BCUT2D eigenvalue weighted by molar-refractivity contribution is -0.136. The van der Waals surface area contributed by atoms with E-state index >= 15 is 0 Å². The van der Waals surface area contributed by atoms with E-state index in [4.69, 9.17) is 21.8 Å². The normalized spacial score (nSPS) is 12.2. The summed E-state index contributed by atoms with van der Waals surface area (Å²) in [7, 11) is 0. The van der Waals surface area contributed by atoms with Gasteiger partial charge in [-0.2, -0.15) is 0 Å². The zero-order valence-electron chi connectivity index (χ0n) is 9.31. The highest BCUT2D eigenvalue weighted by Crippen LogP contribution is 2.26. The average Bonchev–Trinajstić information content (AvgIpc) is 2.27. The van der Waals surface area contributed by atoms with E-state index in [0.29, 0.717) is 16.7 Å². The number of aliphatic hydroxyl groups is 1. The first-order chi connectivity index (χ1) is 7.95. The van der Waals surface area contributed by atoms with Crippen molar-refractivity contribution in [3.05, 3.63) is 34.9 Å². The molecule has 0 saturated heterocycles. The molecule has 2 N–H and O–H groups in total. The van der Waals surface area contributed by atoms with Crippen LogP contribution in [0.1, 0.15) is 29.0 Å². The Labute approximate surface area is 104 Å². The lowest BCUT2D eigenvalue weighted by atomic mass is 9.97. The second-order valence-corrected chi connectivity index (χ2v) is 4.17. The maximum atomic E-state index is 11.2. The highest BCUT2D eigenvalue weighted by atomic mass is 35.5. The molecule has 0 fully saturated rings. The van der Waals surface area contributed by atoms with Crippen LogP contribution in [0.4, 0.5) is 0 Å². The van der Waals surface area contributed by atoms with E-state index in [-0.39, 0.29) is 18.8 Å². The number of carboxylic acid groups (broad SMARTS) is 1. The lowest BCUT2D eigenvalue weighted by Gasteiger charge is -2.12. The fraction of sp³-hybridized carbons (Fsp3) is 0.333. The quantitative estimate of drug-likeness (QED) is 0.786. The number of Topliss-reactive ketones (excluding diaryl/α,β-unsaturated/α-hetero) is 1. The van der Waals surface area contributed by atoms with E-state index in [1.807, 2.05) is 0 Å². The van der Waals surface area contributed by atoms with Crippen LogP contribution in [0.5, 0.6) is 0 Å². The van der Waals surface area contributed by atoms with Crippen LogP contribution in [0, 0.1) is 0 Å². The van der Waals surface area contributed by atoms with Gasteiger partial charge >= 0.3 is 5.97 Å². The summed E-state index contributed by atoms with van der Waals surface area (Å²) < 4.78 is 0. The smallest absolute Gasteiger partial charge is 0.307 e. The van der Waals surface area contributed by atoms with Crippen molar-refractivity contribution in [3.63, 3.8) is 0 Å². The monoisotopic (exact) mass is 256 g/mol. The first-order valence-electron chi connectivity index (χ1n) is 5.04. The van der Waals surface area contributed by atoms with Crippen molar-refractivity contribution >= 4 is 23.4 Å². The molecule has 1 aromatic rings. The maximum Gasteiger partial charge on any atom is 0.307 e. The third kappa shape index (κ3) is 3.54. The molecule has 0 heterocycles. The number of alkyl halides is 1. The van der Waals surface area contributed by atoms with Gasteiger partial charge in [0.25, 0.3) is 0 Å². The molecule has 0 aliphatic carbocycles. The average molecular weight is 257 g/mol. The summed E-state index contributed by atoms with van der Waals surface area (Å²) in [6.07, 6.45) is -0.223. The molecule has 1 atom stereocenters. The van der Waals surface area contributed by atoms with Crippen molar-refractivity contribution in [1.82, 2.24) is 0 Å². The standard InChI is InChI=1S/C12H13ClO4/c1-7(15)12(13)10-3-2-8(6-14)4-9(10)5-11(16)17/h2-4,12,14H,5-6H2,1H3,(H,16,17). The van der Waals surface area contributed by atoms with E-state index in [1.165, 1.54) is 6.92 Å². The van der Waals surface area contributed by atoms with Crippen LogP contribution >= 0.6 is 11.6 Å². The number of hydrogen-bond donors (Lipinski definition) is 2. The largest absolute Gasteiger partial charge is 0.481 e. The number of carbonyl (C=O) groups is 2. The van der Waals surface area contributed by atoms with Crippen LogP contribution in [0.25, 0.3) is 0 Å². The van der Waals surface area contributed by atoms with E-state index in [0.717, 1.165) is 0 Å². The second kappa shape index (κ2) is 5.80. The van der Waals surface area contributed by atoms with Gasteiger partial charge in [0.05, 0.1) is 13.0 Å². The zero-order chi connectivity index (χ0) is 13.0. The second-order valence-electron chi connectivity index (χ2n) is 3.74. The summed E-state index contributed by atoms with van der Waals surface area (Å²) in [4.78, 5) is 21.9. The summed E-state index contributed by atoms with van der Waals surface area (Å²) >= 11 is 5.92. The highest BCUT2D eigenvalue weighted by Gasteiger charge is 2.18. The van der Waals surface area contributed by atoms with Crippen molar-refractivity contribution in [3.8, 4) is 0 Å². The Morgan fingerprint density at radius 2 is 2.06 bits per heavy atom. The lowest BCUT2D eigenvalue weighted by Crippen LogP contribution is -2.09. The summed E-state index contributed by atoms with van der Waals surface area (Å²) in [6, 6.07) is 4.77. The molecule has 92 valence electrons. The predicted octanol–water partition coefficient (Wildman–Crippen LogP) is 1.67. The third-order valence-electron chi connectivity index (χ3n) is 2.36. The summed E-state index contributed by atoms with van der Waals surface area (Å²) in [5.41, 5.74) is 1.54. The molecule has 0 spiro atoms. The molecule has 0 radical (unpaired) electrons. The first kappa shape index (κ1) is 13.7. The van der Waals surface area contributed by atoms with Gasteiger partial charge < -0.3 is 10.2 Å². The van der Waals surface area contributed by atoms with Gasteiger partial charge in [-0.3, -0.25) is 9.59 Å². The number of benzene rings is 1. The molecule has 0 saturated carbocycles. The van der Waals surface area contributed by atoms with Crippen molar-refractivity contribution in [2.75, 3.05) is 0 Å². The van der Waals surface area contributed by atoms with E-state index in [9.17, 15) is 9.59 Å². The molecule has 4 nitrogen and oxygen atoms in total. The topological polar surface area (TPSA) is 74.6 Å². The number of rotatable bonds is 5. The predicted molar refractivity (Wildman–Crippen MR) is 63.0 cm³/mol. The number of hydrogen-bond acceptors (Lipinski definition) is 3.